The SMILES string of the molecule is CCOc1cc(C=NNC(=O)c2cccnc2Cl)cc([N+](=O)[O-])c1O. The van der Waals surface area contributed by atoms with E-state index >= 15 is 0 Å². The minimum Gasteiger partial charge on any atom is -0.500 e. The molecule has 0 saturated heterocycles. The van der Waals surface area contributed by atoms with E-state index in [1.165, 1.54) is 24.5 Å². The zero-order chi connectivity index (χ0) is 18.4. The maximum absolute atomic E-state index is 11.9. The molecule has 1 amide bonds. The molecule has 0 saturated carbocycles. The fourth-order valence-electron chi connectivity index (χ4n) is 1.87. The summed E-state index contributed by atoms with van der Waals surface area (Å²) in [7, 11) is 0. The van der Waals surface area contributed by atoms with E-state index in [4.69, 9.17) is 16.3 Å². The first kappa shape index (κ1) is 18.1. The minimum absolute atomic E-state index is 0.0223. The molecule has 1 aromatic heterocycles. The first-order valence-electron chi connectivity index (χ1n) is 7.02. The van der Waals surface area contributed by atoms with Gasteiger partial charge in [0.15, 0.2) is 5.75 Å². The maximum Gasteiger partial charge on any atom is 0.315 e. The quantitative estimate of drug-likeness (QED) is 0.351. The summed E-state index contributed by atoms with van der Waals surface area (Å²) >= 11 is 5.80. The van der Waals surface area contributed by atoms with E-state index in [0.717, 1.165) is 6.07 Å². The number of aromatic nitrogens is 1. The van der Waals surface area contributed by atoms with E-state index in [9.17, 15) is 20.0 Å². The first-order chi connectivity index (χ1) is 11.9. The second-order valence-electron chi connectivity index (χ2n) is 4.62. The van der Waals surface area contributed by atoms with Crippen LogP contribution in [0.25, 0.3) is 0 Å². The zero-order valence-electron chi connectivity index (χ0n) is 13.0. The summed E-state index contributed by atoms with van der Waals surface area (Å²) in [5.41, 5.74) is 2.09. The average Bonchev–Trinajstić information content (AvgIpc) is 2.57. The number of phenolic OH excluding ortho intramolecular Hbond substituents is 1. The molecule has 0 bridgehead atoms. The van der Waals surface area contributed by atoms with E-state index in [-0.39, 0.29) is 28.6 Å². The molecule has 25 heavy (non-hydrogen) atoms. The van der Waals surface area contributed by atoms with Gasteiger partial charge in [0.25, 0.3) is 5.91 Å². The highest BCUT2D eigenvalue weighted by atomic mass is 35.5. The van der Waals surface area contributed by atoms with Gasteiger partial charge in [-0.25, -0.2) is 10.4 Å². The van der Waals surface area contributed by atoms with Crippen LogP contribution in [0.15, 0.2) is 35.6 Å². The van der Waals surface area contributed by atoms with Crippen molar-refractivity contribution in [2.75, 3.05) is 6.61 Å². The Morgan fingerprint density at radius 2 is 2.32 bits per heavy atom. The lowest BCUT2D eigenvalue weighted by Gasteiger charge is -2.07. The number of ether oxygens (including phenoxy) is 1. The summed E-state index contributed by atoms with van der Waals surface area (Å²) in [5.74, 6) is -1.22. The van der Waals surface area contributed by atoms with Crippen molar-refractivity contribution >= 4 is 29.4 Å². The molecule has 2 N–H and O–H groups in total. The molecule has 0 aliphatic carbocycles. The summed E-state index contributed by atoms with van der Waals surface area (Å²) in [6, 6.07) is 5.48. The summed E-state index contributed by atoms with van der Waals surface area (Å²) in [5, 5.41) is 24.5. The molecule has 0 radical (unpaired) electrons. The van der Waals surface area contributed by atoms with E-state index in [1.807, 2.05) is 0 Å². The van der Waals surface area contributed by atoms with Crippen LogP contribution in [0.2, 0.25) is 5.15 Å². The van der Waals surface area contributed by atoms with Crippen molar-refractivity contribution in [2.45, 2.75) is 6.92 Å². The van der Waals surface area contributed by atoms with Crippen LogP contribution in [0.3, 0.4) is 0 Å². The van der Waals surface area contributed by atoms with Gasteiger partial charge >= 0.3 is 5.69 Å². The number of hydrogen-bond acceptors (Lipinski definition) is 7. The molecule has 1 heterocycles. The standard InChI is InChI=1S/C15H13ClN4O5/c1-2-25-12-7-9(6-11(13(12)21)20(23)24)8-18-19-15(22)10-4-3-5-17-14(10)16/h3-8,21H,2H2,1H3,(H,19,22). The van der Waals surface area contributed by atoms with Crippen molar-refractivity contribution in [3.8, 4) is 11.5 Å². The van der Waals surface area contributed by atoms with E-state index < -0.39 is 22.3 Å². The average molecular weight is 365 g/mol. The Labute approximate surface area is 147 Å². The van der Waals surface area contributed by atoms with Crippen LogP contribution in [0.5, 0.6) is 11.5 Å². The van der Waals surface area contributed by atoms with Crippen molar-refractivity contribution in [1.82, 2.24) is 10.4 Å². The topological polar surface area (TPSA) is 127 Å². The van der Waals surface area contributed by atoms with Gasteiger partial charge in [0, 0.05) is 17.8 Å². The monoisotopic (exact) mass is 364 g/mol. The molecule has 0 spiro atoms. The number of halogens is 1. The number of phenols is 1. The largest absolute Gasteiger partial charge is 0.500 e. The Morgan fingerprint density at radius 1 is 1.56 bits per heavy atom. The number of rotatable bonds is 6. The van der Waals surface area contributed by atoms with Crippen LogP contribution in [0.1, 0.15) is 22.8 Å². The van der Waals surface area contributed by atoms with E-state index in [2.05, 4.69) is 15.5 Å². The number of aromatic hydroxyl groups is 1. The molecule has 1 aromatic carbocycles. The molecule has 10 heteroatoms. The van der Waals surface area contributed by atoms with Crippen LogP contribution in [0.4, 0.5) is 5.69 Å². The minimum atomic E-state index is -0.747. The molecule has 0 aliphatic rings. The van der Waals surface area contributed by atoms with Gasteiger partial charge in [-0.3, -0.25) is 14.9 Å². The number of nitro benzene ring substituents is 1. The Bertz CT molecular complexity index is 841. The smallest absolute Gasteiger partial charge is 0.315 e. The number of nitrogens with zero attached hydrogens (tertiary/aromatic N) is 3. The van der Waals surface area contributed by atoms with Gasteiger partial charge in [-0.1, -0.05) is 11.6 Å². The van der Waals surface area contributed by atoms with Crippen LogP contribution >= 0.6 is 11.6 Å². The molecule has 2 rings (SSSR count). The van der Waals surface area contributed by atoms with Crippen LogP contribution in [0, 0.1) is 10.1 Å². The van der Waals surface area contributed by atoms with Gasteiger partial charge in [0.1, 0.15) is 5.15 Å². The second-order valence-corrected chi connectivity index (χ2v) is 4.98. The Balaban J connectivity index is 2.21. The maximum atomic E-state index is 11.9. The van der Waals surface area contributed by atoms with Crippen molar-refractivity contribution < 1.29 is 19.6 Å². The lowest BCUT2D eigenvalue weighted by molar-refractivity contribution is -0.386. The van der Waals surface area contributed by atoms with Crippen LogP contribution < -0.4 is 10.2 Å². The third-order valence-electron chi connectivity index (χ3n) is 2.96. The third-order valence-corrected chi connectivity index (χ3v) is 3.26. The predicted octanol–water partition coefficient (Wildman–Crippen LogP) is 2.51. The third kappa shape index (κ3) is 4.42. The highest BCUT2D eigenvalue weighted by Crippen LogP contribution is 2.36. The number of pyridine rings is 1. The number of nitrogens with one attached hydrogen (secondary N) is 1. The second kappa shape index (κ2) is 8.06. The molecule has 0 fully saturated rings. The lowest BCUT2D eigenvalue weighted by atomic mass is 10.2. The van der Waals surface area contributed by atoms with Crippen molar-refractivity contribution in [1.29, 1.82) is 0 Å². The Morgan fingerprint density at radius 3 is 2.96 bits per heavy atom. The van der Waals surface area contributed by atoms with E-state index in [0.29, 0.717) is 0 Å². The summed E-state index contributed by atoms with van der Waals surface area (Å²) in [6.07, 6.45) is 2.62. The molecule has 130 valence electrons. The molecule has 0 atom stereocenters. The summed E-state index contributed by atoms with van der Waals surface area (Å²) < 4.78 is 5.15. The van der Waals surface area contributed by atoms with Crippen molar-refractivity contribution in [3.05, 3.63) is 56.9 Å². The van der Waals surface area contributed by atoms with E-state index in [1.54, 1.807) is 13.0 Å². The van der Waals surface area contributed by atoms with Gasteiger partial charge in [-0.05, 0) is 25.1 Å². The van der Waals surface area contributed by atoms with Crippen molar-refractivity contribution in [3.63, 3.8) is 0 Å². The summed E-state index contributed by atoms with van der Waals surface area (Å²) in [6.45, 7) is 1.88. The zero-order valence-corrected chi connectivity index (χ0v) is 13.7. The van der Waals surface area contributed by atoms with Crippen LogP contribution in [-0.2, 0) is 0 Å². The fraction of sp³-hybridized carbons (Fsp3) is 0.133. The number of carbonyl (C=O) groups is 1. The number of amides is 1. The number of hydrazone groups is 1. The first-order valence-corrected chi connectivity index (χ1v) is 7.40. The van der Waals surface area contributed by atoms with Gasteiger partial charge in [-0.2, -0.15) is 5.10 Å². The number of hydrogen-bond donors (Lipinski definition) is 2. The van der Waals surface area contributed by atoms with Crippen molar-refractivity contribution in [2.24, 2.45) is 5.10 Å². The molecule has 0 unspecified atom stereocenters. The Hall–Kier alpha value is -3.20. The van der Waals surface area contributed by atoms with Crippen LogP contribution in [-0.4, -0.2) is 33.7 Å². The van der Waals surface area contributed by atoms with Gasteiger partial charge in [-0.15, -0.1) is 0 Å². The number of carbonyl (C=O) groups excluding carboxylic acids is 1. The van der Waals surface area contributed by atoms with Gasteiger partial charge < -0.3 is 9.84 Å². The highest BCUT2D eigenvalue weighted by Gasteiger charge is 2.19. The number of nitro groups is 1. The molecule has 9 nitrogen and oxygen atoms in total. The normalized spacial score (nSPS) is 10.6. The fourth-order valence-corrected chi connectivity index (χ4v) is 2.08. The number of benzene rings is 1. The molecular formula is C15H13ClN4O5. The summed E-state index contributed by atoms with van der Waals surface area (Å²) in [4.78, 5) is 25.9. The molecule has 2 aromatic rings. The van der Waals surface area contributed by atoms with Gasteiger partial charge in [0.2, 0.25) is 5.75 Å². The van der Waals surface area contributed by atoms with Gasteiger partial charge in [0.05, 0.1) is 23.3 Å². The Kier molecular flexibility index (Phi) is 5.85. The highest BCUT2D eigenvalue weighted by molar-refractivity contribution is 6.32. The molecule has 0 aliphatic heterocycles. The lowest BCUT2D eigenvalue weighted by Crippen LogP contribution is -2.18. The predicted molar refractivity (Wildman–Crippen MR) is 90.2 cm³/mol. The molecular weight excluding hydrogens is 352 g/mol.